The molecule has 1 saturated heterocycles. The monoisotopic (exact) mass is 310 g/mol. The van der Waals surface area contributed by atoms with Gasteiger partial charge in [0, 0.05) is 51.7 Å². The average molecular weight is 310 g/mol. The van der Waals surface area contributed by atoms with E-state index in [1.165, 1.54) is 28.1 Å². The van der Waals surface area contributed by atoms with Crippen LogP contribution in [0.5, 0.6) is 0 Å². The van der Waals surface area contributed by atoms with Gasteiger partial charge in [-0.1, -0.05) is 12.1 Å². The molecule has 0 atom stereocenters. The first kappa shape index (κ1) is 16.1. The summed E-state index contributed by atoms with van der Waals surface area (Å²) in [5.74, 6) is 0. The Morgan fingerprint density at radius 3 is 2.04 bits per heavy atom. The zero-order chi connectivity index (χ0) is 16.2. The minimum absolute atomic E-state index is 0.961. The minimum atomic E-state index is 0.961. The van der Waals surface area contributed by atoms with Crippen molar-refractivity contribution in [2.24, 2.45) is 0 Å². The molecular formula is C19H26N4. The highest BCUT2D eigenvalue weighted by molar-refractivity contribution is 5.23. The molecule has 0 amide bonds. The predicted molar refractivity (Wildman–Crippen MR) is 93.2 cm³/mol. The molecular weight excluding hydrogens is 284 g/mol. The first-order chi connectivity index (χ1) is 11.1. The van der Waals surface area contributed by atoms with Crippen LogP contribution < -0.4 is 0 Å². The van der Waals surface area contributed by atoms with Crippen molar-refractivity contribution in [3.05, 3.63) is 58.7 Å². The zero-order valence-electron chi connectivity index (χ0n) is 14.4. The first-order valence-corrected chi connectivity index (χ1v) is 8.39. The summed E-state index contributed by atoms with van der Waals surface area (Å²) >= 11 is 0. The van der Waals surface area contributed by atoms with Crippen LogP contribution in [0.2, 0.25) is 0 Å². The normalized spacial score (nSPS) is 16.7. The van der Waals surface area contributed by atoms with E-state index in [4.69, 9.17) is 0 Å². The number of rotatable bonds is 4. The number of nitrogens with zero attached hydrogens (tertiary/aromatic N) is 4. The van der Waals surface area contributed by atoms with Crippen LogP contribution in [-0.4, -0.2) is 45.9 Å². The summed E-state index contributed by atoms with van der Waals surface area (Å²) in [5.41, 5.74) is 6.24. The highest BCUT2D eigenvalue weighted by Gasteiger charge is 2.18. The molecule has 2 aromatic rings. The minimum Gasteiger partial charge on any atom is -0.295 e. The Morgan fingerprint density at radius 1 is 0.870 bits per heavy atom. The quantitative estimate of drug-likeness (QED) is 0.869. The van der Waals surface area contributed by atoms with Crippen LogP contribution in [0.25, 0.3) is 0 Å². The van der Waals surface area contributed by atoms with Gasteiger partial charge in [-0.2, -0.15) is 0 Å². The van der Waals surface area contributed by atoms with Crippen molar-refractivity contribution in [1.29, 1.82) is 0 Å². The first-order valence-electron chi connectivity index (χ1n) is 8.39. The fourth-order valence-corrected chi connectivity index (χ4v) is 3.12. The van der Waals surface area contributed by atoms with Gasteiger partial charge in [0.15, 0.2) is 0 Å². The van der Waals surface area contributed by atoms with Crippen LogP contribution >= 0.6 is 0 Å². The number of piperazine rings is 1. The molecule has 23 heavy (non-hydrogen) atoms. The molecule has 1 fully saturated rings. The molecule has 4 heteroatoms. The molecule has 3 heterocycles. The van der Waals surface area contributed by atoms with E-state index in [1.807, 2.05) is 18.5 Å². The van der Waals surface area contributed by atoms with Crippen molar-refractivity contribution in [2.45, 2.75) is 33.9 Å². The van der Waals surface area contributed by atoms with Crippen LogP contribution in [0, 0.1) is 20.8 Å². The van der Waals surface area contributed by atoms with E-state index in [0.29, 0.717) is 0 Å². The van der Waals surface area contributed by atoms with Gasteiger partial charge in [0.1, 0.15) is 0 Å². The van der Waals surface area contributed by atoms with Crippen LogP contribution in [0.15, 0.2) is 30.6 Å². The molecule has 0 radical (unpaired) electrons. The summed E-state index contributed by atoms with van der Waals surface area (Å²) in [7, 11) is 0. The fourth-order valence-electron chi connectivity index (χ4n) is 3.12. The molecule has 2 aromatic heterocycles. The molecule has 1 aliphatic heterocycles. The zero-order valence-corrected chi connectivity index (χ0v) is 14.4. The summed E-state index contributed by atoms with van der Waals surface area (Å²) in [6, 6.07) is 6.38. The Balaban J connectivity index is 1.53. The molecule has 0 spiro atoms. The highest BCUT2D eigenvalue weighted by Crippen LogP contribution is 2.14. The molecule has 122 valence electrons. The summed E-state index contributed by atoms with van der Waals surface area (Å²) in [5, 5.41) is 0. The van der Waals surface area contributed by atoms with Gasteiger partial charge in [-0.25, -0.2) is 0 Å². The molecule has 0 saturated carbocycles. The Morgan fingerprint density at radius 2 is 1.48 bits per heavy atom. The van der Waals surface area contributed by atoms with Gasteiger partial charge in [-0.15, -0.1) is 0 Å². The third-order valence-corrected chi connectivity index (χ3v) is 4.65. The maximum Gasteiger partial charge on any atom is 0.0573 e. The van der Waals surface area contributed by atoms with E-state index in [9.17, 15) is 0 Å². The topological polar surface area (TPSA) is 32.3 Å². The second-order valence-electron chi connectivity index (χ2n) is 6.60. The van der Waals surface area contributed by atoms with E-state index >= 15 is 0 Å². The van der Waals surface area contributed by atoms with Crippen LogP contribution in [0.4, 0.5) is 0 Å². The van der Waals surface area contributed by atoms with Crippen molar-refractivity contribution >= 4 is 0 Å². The van der Waals surface area contributed by atoms with E-state index < -0.39 is 0 Å². The predicted octanol–water partition coefficient (Wildman–Crippen LogP) is 2.72. The number of hydrogen-bond donors (Lipinski definition) is 0. The lowest BCUT2D eigenvalue weighted by atomic mass is 10.1. The van der Waals surface area contributed by atoms with E-state index in [-0.39, 0.29) is 0 Å². The van der Waals surface area contributed by atoms with Gasteiger partial charge >= 0.3 is 0 Å². The van der Waals surface area contributed by atoms with E-state index in [0.717, 1.165) is 39.3 Å². The summed E-state index contributed by atoms with van der Waals surface area (Å²) in [6.45, 7) is 12.7. The van der Waals surface area contributed by atoms with Gasteiger partial charge in [-0.3, -0.25) is 19.8 Å². The third-order valence-electron chi connectivity index (χ3n) is 4.65. The lowest BCUT2D eigenvalue weighted by molar-refractivity contribution is 0.119. The lowest BCUT2D eigenvalue weighted by Crippen LogP contribution is -2.45. The van der Waals surface area contributed by atoms with Crippen LogP contribution in [0.1, 0.15) is 28.1 Å². The highest BCUT2D eigenvalue weighted by atomic mass is 15.3. The largest absolute Gasteiger partial charge is 0.295 e. The molecule has 0 aliphatic carbocycles. The third kappa shape index (κ3) is 4.15. The van der Waals surface area contributed by atoms with E-state index in [2.05, 4.69) is 52.7 Å². The molecule has 1 aliphatic rings. The summed E-state index contributed by atoms with van der Waals surface area (Å²) in [6.07, 6.45) is 3.87. The van der Waals surface area contributed by atoms with Crippen molar-refractivity contribution in [2.75, 3.05) is 26.2 Å². The maximum atomic E-state index is 4.61. The van der Waals surface area contributed by atoms with Crippen molar-refractivity contribution in [3.63, 3.8) is 0 Å². The SMILES string of the molecule is Cc1cnc(CN2CCN(Cc3ncccc3C)CC2)c(C)c1. The molecule has 0 N–H and O–H groups in total. The Kier molecular flexibility index (Phi) is 5.03. The molecule has 3 rings (SSSR count). The Labute approximate surface area is 139 Å². The Hall–Kier alpha value is -1.78. The van der Waals surface area contributed by atoms with Gasteiger partial charge in [0.2, 0.25) is 0 Å². The van der Waals surface area contributed by atoms with Gasteiger partial charge in [-0.05, 0) is 43.5 Å². The maximum absolute atomic E-state index is 4.61. The number of aryl methyl sites for hydroxylation is 3. The smallest absolute Gasteiger partial charge is 0.0573 e. The average Bonchev–Trinajstić information content (AvgIpc) is 2.54. The van der Waals surface area contributed by atoms with Crippen molar-refractivity contribution in [3.8, 4) is 0 Å². The second-order valence-corrected chi connectivity index (χ2v) is 6.60. The number of hydrogen-bond acceptors (Lipinski definition) is 4. The number of aromatic nitrogens is 2. The lowest BCUT2D eigenvalue weighted by Gasteiger charge is -2.34. The second kappa shape index (κ2) is 7.20. The van der Waals surface area contributed by atoms with Crippen LogP contribution in [-0.2, 0) is 13.1 Å². The van der Waals surface area contributed by atoms with Crippen LogP contribution in [0.3, 0.4) is 0 Å². The Bertz CT molecular complexity index is 660. The molecule has 4 nitrogen and oxygen atoms in total. The standard InChI is InChI=1S/C19H26N4/c1-15-11-17(3)19(21-12-15)14-23-9-7-22(8-10-23)13-18-16(2)5-4-6-20-18/h4-6,11-12H,7-10,13-14H2,1-3H3. The fraction of sp³-hybridized carbons (Fsp3) is 0.474. The van der Waals surface area contributed by atoms with Crippen molar-refractivity contribution in [1.82, 2.24) is 19.8 Å². The van der Waals surface area contributed by atoms with E-state index in [1.54, 1.807) is 0 Å². The van der Waals surface area contributed by atoms with Gasteiger partial charge in [0.25, 0.3) is 0 Å². The van der Waals surface area contributed by atoms with Gasteiger partial charge < -0.3 is 0 Å². The summed E-state index contributed by atoms with van der Waals surface area (Å²) in [4.78, 5) is 14.1. The molecule has 0 unspecified atom stereocenters. The molecule has 0 aromatic carbocycles. The van der Waals surface area contributed by atoms with Gasteiger partial charge in [0.05, 0.1) is 11.4 Å². The number of pyridine rings is 2. The molecule has 0 bridgehead atoms. The van der Waals surface area contributed by atoms with Crippen molar-refractivity contribution < 1.29 is 0 Å². The summed E-state index contributed by atoms with van der Waals surface area (Å²) < 4.78 is 0.